The average Bonchev–Trinajstić information content (AvgIpc) is 2.82. The molecule has 1 amide bonds. The van der Waals surface area contributed by atoms with E-state index in [2.05, 4.69) is 20.9 Å². The van der Waals surface area contributed by atoms with Gasteiger partial charge in [-0.25, -0.2) is 13.4 Å². The van der Waals surface area contributed by atoms with E-state index in [-0.39, 0.29) is 29.1 Å². The Morgan fingerprint density at radius 2 is 1.91 bits per heavy atom. The number of pyridine rings is 2. The molecule has 0 bridgehead atoms. The first-order valence-electron chi connectivity index (χ1n) is 11.0. The van der Waals surface area contributed by atoms with Gasteiger partial charge in [0.15, 0.2) is 14.9 Å². The molecule has 1 fully saturated rings. The van der Waals surface area contributed by atoms with Gasteiger partial charge in [-0.05, 0) is 62.2 Å². The molecule has 0 saturated carbocycles. The summed E-state index contributed by atoms with van der Waals surface area (Å²) in [7, 11) is -1.91. The van der Waals surface area contributed by atoms with Gasteiger partial charge in [0.1, 0.15) is 0 Å². The number of fused-ring (bicyclic) bond motifs is 1. The van der Waals surface area contributed by atoms with Gasteiger partial charge in [-0.1, -0.05) is 11.6 Å². The highest BCUT2D eigenvalue weighted by atomic mass is 35.5. The smallest absolute Gasteiger partial charge is 0.223 e. The van der Waals surface area contributed by atoms with Crippen molar-refractivity contribution in [2.75, 3.05) is 30.8 Å². The van der Waals surface area contributed by atoms with Crippen molar-refractivity contribution in [1.29, 1.82) is 0 Å². The summed E-state index contributed by atoms with van der Waals surface area (Å²) >= 11 is 5.98. The van der Waals surface area contributed by atoms with Gasteiger partial charge in [-0.3, -0.25) is 9.78 Å². The monoisotopic (exact) mass is 486 g/mol. The number of anilines is 1. The highest BCUT2D eigenvalue weighted by molar-refractivity contribution is 7.91. The van der Waals surface area contributed by atoms with Crippen molar-refractivity contribution in [3.63, 3.8) is 0 Å². The van der Waals surface area contributed by atoms with Crippen LogP contribution in [0.2, 0.25) is 5.02 Å². The van der Waals surface area contributed by atoms with E-state index in [9.17, 15) is 13.2 Å². The van der Waals surface area contributed by atoms with Crippen molar-refractivity contribution in [3.05, 3.63) is 59.4 Å². The average molecular weight is 487 g/mol. The molecule has 0 atom stereocenters. The maximum atomic E-state index is 12.8. The summed E-state index contributed by atoms with van der Waals surface area (Å²) in [6.07, 6.45) is 3.42. The largest absolute Gasteiger partial charge is 0.371 e. The van der Waals surface area contributed by atoms with Gasteiger partial charge in [0, 0.05) is 60.6 Å². The van der Waals surface area contributed by atoms with Crippen molar-refractivity contribution in [2.24, 2.45) is 0 Å². The van der Waals surface area contributed by atoms with Gasteiger partial charge in [0.25, 0.3) is 0 Å². The third-order valence-corrected chi connectivity index (χ3v) is 8.02. The van der Waals surface area contributed by atoms with E-state index in [1.807, 2.05) is 19.2 Å². The van der Waals surface area contributed by atoms with Crippen LogP contribution in [-0.2, 0) is 14.6 Å². The summed E-state index contributed by atoms with van der Waals surface area (Å²) in [6, 6.07) is 12.4. The molecule has 0 N–H and O–H groups in total. The lowest BCUT2D eigenvalue weighted by Crippen LogP contribution is -2.46. The molecule has 3 aromatic rings. The molecule has 0 radical (unpaired) electrons. The number of aromatic nitrogens is 2. The molecule has 33 heavy (non-hydrogen) atoms. The molecule has 0 unspecified atom stereocenters. The predicted octanol–water partition coefficient (Wildman–Crippen LogP) is 3.88. The third-order valence-electron chi connectivity index (χ3n) is 6.18. The summed E-state index contributed by atoms with van der Waals surface area (Å²) in [5, 5.41) is 1.31. The van der Waals surface area contributed by atoms with E-state index >= 15 is 0 Å². The second-order valence-electron chi connectivity index (χ2n) is 8.43. The standard InChI is InChI=1S/C24H27ClN4O3S/c1-17-15-21(7-11-26-17)29-12-8-20(9-13-29)28(2)24(30)10-14-33(31,32)23-6-3-18-16-19(25)4-5-22(18)27-23/h3-7,11,15-16,20H,8-10,12-14H2,1-2H3. The van der Waals surface area contributed by atoms with E-state index in [4.69, 9.17) is 11.6 Å². The van der Waals surface area contributed by atoms with Crippen LogP contribution in [0.5, 0.6) is 0 Å². The van der Waals surface area contributed by atoms with Crippen molar-refractivity contribution >= 4 is 43.9 Å². The number of aryl methyl sites for hydroxylation is 1. The zero-order valence-electron chi connectivity index (χ0n) is 18.7. The van der Waals surface area contributed by atoms with Crippen molar-refractivity contribution < 1.29 is 13.2 Å². The van der Waals surface area contributed by atoms with Gasteiger partial charge < -0.3 is 9.80 Å². The van der Waals surface area contributed by atoms with Crippen molar-refractivity contribution in [2.45, 2.75) is 37.3 Å². The Morgan fingerprint density at radius 3 is 2.64 bits per heavy atom. The van der Waals surface area contributed by atoms with E-state index in [0.717, 1.165) is 42.7 Å². The van der Waals surface area contributed by atoms with Crippen LogP contribution in [0.25, 0.3) is 10.9 Å². The quantitative estimate of drug-likeness (QED) is 0.525. The maximum absolute atomic E-state index is 12.8. The zero-order chi connectivity index (χ0) is 23.6. The maximum Gasteiger partial charge on any atom is 0.223 e. The second-order valence-corrected chi connectivity index (χ2v) is 10.9. The molecule has 0 aliphatic carbocycles. The van der Waals surface area contributed by atoms with Crippen molar-refractivity contribution in [1.82, 2.24) is 14.9 Å². The van der Waals surface area contributed by atoms with Gasteiger partial charge in [0.2, 0.25) is 5.91 Å². The molecule has 2 aromatic heterocycles. The van der Waals surface area contributed by atoms with E-state index in [1.54, 1.807) is 36.2 Å². The van der Waals surface area contributed by atoms with Crippen LogP contribution >= 0.6 is 11.6 Å². The number of nitrogens with zero attached hydrogens (tertiary/aromatic N) is 4. The third kappa shape index (κ3) is 5.45. The lowest BCUT2D eigenvalue weighted by Gasteiger charge is -2.38. The number of carbonyl (C=O) groups is 1. The summed E-state index contributed by atoms with van der Waals surface area (Å²) in [6.45, 7) is 3.66. The predicted molar refractivity (Wildman–Crippen MR) is 130 cm³/mol. The Balaban J connectivity index is 1.34. The number of hydrogen-bond donors (Lipinski definition) is 0. The van der Waals surface area contributed by atoms with Crippen LogP contribution in [0, 0.1) is 6.92 Å². The van der Waals surface area contributed by atoms with Crippen LogP contribution in [0.3, 0.4) is 0 Å². The molecular formula is C24H27ClN4O3S. The summed E-state index contributed by atoms with van der Waals surface area (Å²) < 4.78 is 25.6. The molecular weight excluding hydrogens is 460 g/mol. The van der Waals surface area contributed by atoms with Gasteiger partial charge in [-0.2, -0.15) is 0 Å². The lowest BCUT2D eigenvalue weighted by molar-refractivity contribution is -0.131. The zero-order valence-corrected chi connectivity index (χ0v) is 20.3. The molecule has 1 saturated heterocycles. The van der Waals surface area contributed by atoms with Crippen LogP contribution in [-0.4, -0.2) is 61.1 Å². The molecule has 9 heteroatoms. The Kier molecular flexibility index (Phi) is 6.86. The Bertz CT molecular complexity index is 1270. The van der Waals surface area contributed by atoms with Crippen LogP contribution < -0.4 is 4.90 Å². The number of rotatable bonds is 6. The SMILES string of the molecule is Cc1cc(N2CCC(N(C)C(=O)CCS(=O)(=O)c3ccc4cc(Cl)ccc4n3)CC2)ccn1. The Hall–Kier alpha value is -2.71. The molecule has 174 valence electrons. The molecule has 1 aromatic carbocycles. The number of benzene rings is 1. The first kappa shape index (κ1) is 23.4. The Labute approximate surface area is 199 Å². The van der Waals surface area contributed by atoms with E-state index < -0.39 is 9.84 Å². The number of amides is 1. The molecule has 1 aliphatic rings. The number of carbonyl (C=O) groups excluding carboxylic acids is 1. The minimum atomic E-state index is -3.68. The second kappa shape index (κ2) is 9.65. The molecule has 3 heterocycles. The van der Waals surface area contributed by atoms with Gasteiger partial charge in [0.05, 0.1) is 11.3 Å². The first-order chi connectivity index (χ1) is 15.7. The van der Waals surface area contributed by atoms with Gasteiger partial charge in [-0.15, -0.1) is 0 Å². The molecule has 0 spiro atoms. The van der Waals surface area contributed by atoms with E-state index in [1.165, 1.54) is 6.07 Å². The highest BCUT2D eigenvalue weighted by Crippen LogP contribution is 2.24. The number of halogens is 1. The first-order valence-corrected chi connectivity index (χ1v) is 13.0. The normalized spacial score (nSPS) is 15.1. The number of sulfone groups is 1. The summed E-state index contributed by atoms with van der Waals surface area (Å²) in [5.41, 5.74) is 2.68. The van der Waals surface area contributed by atoms with Gasteiger partial charge >= 0.3 is 0 Å². The fraction of sp³-hybridized carbons (Fsp3) is 0.375. The minimum Gasteiger partial charge on any atom is -0.371 e. The molecule has 4 rings (SSSR count). The van der Waals surface area contributed by atoms with E-state index in [0.29, 0.717) is 10.5 Å². The number of piperidine rings is 1. The molecule has 1 aliphatic heterocycles. The minimum absolute atomic E-state index is 0.0197. The topological polar surface area (TPSA) is 83.5 Å². The van der Waals surface area contributed by atoms with Crippen molar-refractivity contribution in [3.8, 4) is 0 Å². The van der Waals surface area contributed by atoms with Crippen LogP contribution in [0.15, 0.2) is 53.7 Å². The number of hydrogen-bond acceptors (Lipinski definition) is 6. The summed E-state index contributed by atoms with van der Waals surface area (Å²) in [4.78, 5) is 25.3. The Morgan fingerprint density at radius 1 is 1.15 bits per heavy atom. The highest BCUT2D eigenvalue weighted by Gasteiger charge is 2.27. The van der Waals surface area contributed by atoms with Crippen LogP contribution in [0.1, 0.15) is 25.0 Å². The summed E-state index contributed by atoms with van der Waals surface area (Å²) in [5.74, 6) is -0.429. The van der Waals surface area contributed by atoms with Crippen LogP contribution in [0.4, 0.5) is 5.69 Å². The fourth-order valence-electron chi connectivity index (χ4n) is 4.20. The lowest BCUT2D eigenvalue weighted by atomic mass is 10.0. The molecule has 7 nitrogen and oxygen atoms in total. The fourth-order valence-corrected chi connectivity index (χ4v) is 5.54.